The maximum absolute atomic E-state index is 12.4. The first-order valence-corrected chi connectivity index (χ1v) is 8.92. The second kappa shape index (κ2) is 6.99. The molecule has 2 aromatic rings. The summed E-state index contributed by atoms with van der Waals surface area (Å²) in [6.07, 6.45) is 0. The number of aromatic nitrogens is 1. The lowest BCUT2D eigenvalue weighted by atomic mass is 9.86. The predicted molar refractivity (Wildman–Crippen MR) is 93.5 cm³/mol. The second-order valence-electron chi connectivity index (χ2n) is 6.03. The molecule has 3 unspecified atom stereocenters. The first-order chi connectivity index (χ1) is 11.9. The number of phenolic OH excluding ortho intramolecular Hbond substituents is 2. The van der Waals surface area contributed by atoms with Crippen molar-refractivity contribution < 1.29 is 19.7 Å². The summed E-state index contributed by atoms with van der Waals surface area (Å²) in [5.41, 5.74) is 7.74. The number of hydrogen-bond donors (Lipinski definition) is 4. The molecule has 1 aliphatic rings. The van der Waals surface area contributed by atoms with Crippen LogP contribution in [0.5, 0.6) is 11.5 Å². The van der Waals surface area contributed by atoms with Gasteiger partial charge in [-0.1, -0.05) is 0 Å². The van der Waals surface area contributed by atoms with E-state index in [-0.39, 0.29) is 18.1 Å². The molecule has 1 aromatic carbocycles. The Morgan fingerprint density at radius 2 is 1.96 bits per heavy atom. The Kier molecular flexibility index (Phi) is 4.94. The van der Waals surface area contributed by atoms with Gasteiger partial charge in [0, 0.05) is 5.38 Å². The smallest absolute Gasteiger partial charge is 0.325 e. The molecule has 0 radical (unpaired) electrons. The lowest BCUT2D eigenvalue weighted by molar-refractivity contribution is -0.145. The standard InChI is InChI=1S/C17H21N3O4S/c1-4-24-17(23)16-13(10-7-25-9(3)18-10)15(19-20-16)14-11(21)5-8(2)6-12(14)22/h5-7,13,15-16,19-22H,4H2,1-3H3. The Morgan fingerprint density at radius 1 is 1.28 bits per heavy atom. The molecule has 3 atom stereocenters. The van der Waals surface area contributed by atoms with Crippen molar-refractivity contribution in [1.29, 1.82) is 0 Å². The fourth-order valence-electron chi connectivity index (χ4n) is 3.19. The summed E-state index contributed by atoms with van der Waals surface area (Å²) in [5, 5.41) is 23.5. The normalized spacial score (nSPS) is 22.9. The average Bonchev–Trinajstić information content (AvgIpc) is 3.13. The van der Waals surface area contributed by atoms with Crippen LogP contribution < -0.4 is 10.9 Å². The molecule has 1 aliphatic heterocycles. The van der Waals surface area contributed by atoms with E-state index in [1.165, 1.54) is 11.3 Å². The Morgan fingerprint density at radius 3 is 2.52 bits per heavy atom. The van der Waals surface area contributed by atoms with E-state index in [4.69, 9.17) is 4.74 Å². The fraction of sp³-hybridized carbons (Fsp3) is 0.412. The number of benzene rings is 1. The number of ether oxygens (including phenoxy) is 1. The van der Waals surface area contributed by atoms with Gasteiger partial charge >= 0.3 is 5.97 Å². The van der Waals surface area contributed by atoms with Gasteiger partial charge < -0.3 is 14.9 Å². The van der Waals surface area contributed by atoms with E-state index in [1.807, 2.05) is 12.3 Å². The number of rotatable bonds is 4. The van der Waals surface area contributed by atoms with Gasteiger partial charge in [-0.05, 0) is 38.5 Å². The van der Waals surface area contributed by atoms with Gasteiger partial charge in [0.15, 0.2) is 0 Å². The molecular weight excluding hydrogens is 342 g/mol. The molecule has 1 aromatic heterocycles. The van der Waals surface area contributed by atoms with Crippen LogP contribution in [0.4, 0.5) is 0 Å². The predicted octanol–water partition coefficient (Wildman–Crippen LogP) is 2.04. The highest BCUT2D eigenvalue weighted by Crippen LogP contribution is 2.44. The van der Waals surface area contributed by atoms with Gasteiger partial charge in [0.25, 0.3) is 0 Å². The van der Waals surface area contributed by atoms with E-state index in [2.05, 4.69) is 15.8 Å². The summed E-state index contributed by atoms with van der Waals surface area (Å²) < 4.78 is 5.16. The van der Waals surface area contributed by atoms with E-state index >= 15 is 0 Å². The van der Waals surface area contributed by atoms with Crippen molar-refractivity contribution in [3.63, 3.8) is 0 Å². The summed E-state index contributed by atoms with van der Waals surface area (Å²) in [6, 6.07) is 1.96. The highest BCUT2D eigenvalue weighted by atomic mass is 32.1. The zero-order valence-electron chi connectivity index (χ0n) is 14.2. The van der Waals surface area contributed by atoms with Crippen molar-refractivity contribution >= 4 is 17.3 Å². The molecule has 0 bridgehead atoms. The largest absolute Gasteiger partial charge is 0.507 e. The van der Waals surface area contributed by atoms with Crippen molar-refractivity contribution in [3.8, 4) is 11.5 Å². The van der Waals surface area contributed by atoms with Crippen molar-refractivity contribution in [2.24, 2.45) is 0 Å². The number of carbonyl (C=O) groups is 1. The number of phenols is 2. The van der Waals surface area contributed by atoms with E-state index in [0.717, 1.165) is 10.6 Å². The summed E-state index contributed by atoms with van der Waals surface area (Å²) in [5.74, 6) is -0.890. The molecule has 0 amide bonds. The van der Waals surface area contributed by atoms with Gasteiger partial charge in [-0.3, -0.25) is 4.79 Å². The number of nitrogens with zero attached hydrogens (tertiary/aromatic N) is 1. The molecule has 25 heavy (non-hydrogen) atoms. The topological polar surface area (TPSA) is 104 Å². The minimum absolute atomic E-state index is 0.0294. The molecular formula is C17H21N3O4S. The number of carbonyl (C=O) groups excluding carboxylic acids is 1. The minimum atomic E-state index is -0.674. The Balaban J connectivity index is 2.05. The molecule has 3 rings (SSSR count). The molecule has 7 nitrogen and oxygen atoms in total. The van der Waals surface area contributed by atoms with Gasteiger partial charge in [0.2, 0.25) is 0 Å². The van der Waals surface area contributed by atoms with Crippen molar-refractivity contribution in [2.45, 2.75) is 38.8 Å². The van der Waals surface area contributed by atoms with Gasteiger partial charge in [-0.25, -0.2) is 15.8 Å². The zero-order valence-corrected chi connectivity index (χ0v) is 15.1. The first-order valence-electron chi connectivity index (χ1n) is 8.04. The van der Waals surface area contributed by atoms with Gasteiger partial charge in [-0.15, -0.1) is 11.3 Å². The third kappa shape index (κ3) is 3.33. The zero-order chi connectivity index (χ0) is 18.1. The lowest BCUT2D eigenvalue weighted by Gasteiger charge is -2.22. The van der Waals surface area contributed by atoms with Crippen LogP contribution in [-0.2, 0) is 9.53 Å². The number of thiazole rings is 1. The molecule has 1 fully saturated rings. The average molecular weight is 363 g/mol. The molecule has 2 heterocycles. The SMILES string of the molecule is CCOC(=O)C1NNC(c2c(O)cc(C)cc2O)C1c1csc(C)n1. The quantitative estimate of drug-likeness (QED) is 0.616. The van der Waals surface area contributed by atoms with Crippen LogP contribution >= 0.6 is 11.3 Å². The summed E-state index contributed by atoms with van der Waals surface area (Å²) in [6.45, 7) is 5.69. The van der Waals surface area contributed by atoms with E-state index < -0.39 is 24.0 Å². The maximum atomic E-state index is 12.4. The minimum Gasteiger partial charge on any atom is -0.507 e. The number of hydrogen-bond acceptors (Lipinski definition) is 8. The second-order valence-corrected chi connectivity index (χ2v) is 7.09. The van der Waals surface area contributed by atoms with Crippen LogP contribution in [0, 0.1) is 13.8 Å². The monoisotopic (exact) mass is 363 g/mol. The summed E-state index contributed by atoms with van der Waals surface area (Å²) in [7, 11) is 0. The van der Waals surface area contributed by atoms with E-state index in [0.29, 0.717) is 11.3 Å². The third-order valence-electron chi connectivity index (χ3n) is 4.22. The van der Waals surface area contributed by atoms with Crippen LogP contribution in [-0.4, -0.2) is 33.8 Å². The number of aromatic hydroxyl groups is 2. The van der Waals surface area contributed by atoms with Crippen LogP contribution in [0.25, 0.3) is 0 Å². The summed E-state index contributed by atoms with van der Waals surface area (Å²) >= 11 is 1.48. The van der Waals surface area contributed by atoms with Gasteiger partial charge in [0.05, 0.1) is 34.8 Å². The number of esters is 1. The molecule has 8 heteroatoms. The Labute approximate surface area is 149 Å². The highest BCUT2D eigenvalue weighted by Gasteiger charge is 2.45. The number of nitrogens with one attached hydrogen (secondary N) is 2. The third-order valence-corrected chi connectivity index (χ3v) is 5.01. The van der Waals surface area contributed by atoms with E-state index in [1.54, 1.807) is 26.0 Å². The Hall–Kier alpha value is -2.16. The number of aryl methyl sites for hydroxylation is 2. The molecule has 4 N–H and O–H groups in total. The molecule has 0 aliphatic carbocycles. The molecule has 0 spiro atoms. The molecule has 0 saturated carbocycles. The van der Waals surface area contributed by atoms with Crippen LogP contribution in [0.15, 0.2) is 17.5 Å². The highest BCUT2D eigenvalue weighted by molar-refractivity contribution is 7.09. The number of hydrazine groups is 1. The van der Waals surface area contributed by atoms with Crippen LogP contribution in [0.3, 0.4) is 0 Å². The lowest BCUT2D eigenvalue weighted by Crippen LogP contribution is -2.39. The van der Waals surface area contributed by atoms with Gasteiger partial charge in [0.1, 0.15) is 17.5 Å². The molecule has 1 saturated heterocycles. The first kappa shape index (κ1) is 17.7. The van der Waals surface area contributed by atoms with E-state index in [9.17, 15) is 15.0 Å². The van der Waals surface area contributed by atoms with Crippen molar-refractivity contribution in [2.75, 3.05) is 6.61 Å². The van der Waals surface area contributed by atoms with Crippen LogP contribution in [0.2, 0.25) is 0 Å². The maximum Gasteiger partial charge on any atom is 0.325 e. The summed E-state index contributed by atoms with van der Waals surface area (Å²) in [4.78, 5) is 16.9. The van der Waals surface area contributed by atoms with Crippen molar-refractivity contribution in [1.82, 2.24) is 15.8 Å². The van der Waals surface area contributed by atoms with Crippen molar-refractivity contribution in [3.05, 3.63) is 39.3 Å². The molecule has 134 valence electrons. The van der Waals surface area contributed by atoms with Crippen LogP contribution in [0.1, 0.15) is 40.7 Å². The van der Waals surface area contributed by atoms with Gasteiger partial charge in [-0.2, -0.15) is 0 Å². The fourth-order valence-corrected chi connectivity index (χ4v) is 3.85. The Bertz CT molecular complexity index is 769.